The second-order valence-electron chi connectivity index (χ2n) is 5.98. The first-order chi connectivity index (χ1) is 9.68. The number of carbonyl (C=O) groups is 1. The van der Waals surface area contributed by atoms with E-state index in [1.165, 1.54) is 13.0 Å². The van der Waals surface area contributed by atoms with Crippen molar-refractivity contribution in [2.45, 2.75) is 33.4 Å². The fourth-order valence-corrected chi connectivity index (χ4v) is 2.94. The highest BCUT2D eigenvalue weighted by atomic mass is 19.4. The van der Waals surface area contributed by atoms with Crippen LogP contribution in [0.5, 0.6) is 0 Å². The molecule has 1 fully saturated rings. The molecule has 0 radical (unpaired) electrons. The molecule has 1 aromatic heterocycles. The number of aromatic nitrogens is 1. The van der Waals surface area contributed by atoms with Gasteiger partial charge < -0.3 is 4.90 Å². The van der Waals surface area contributed by atoms with Crippen LogP contribution in [0.1, 0.15) is 42.0 Å². The molecule has 1 aromatic rings. The zero-order chi connectivity index (χ0) is 15.8. The molecule has 1 amide bonds. The minimum absolute atomic E-state index is 0.126. The maximum atomic E-state index is 12.6. The monoisotopic (exact) mass is 300 g/mol. The third-order valence-electron chi connectivity index (χ3n) is 3.76. The van der Waals surface area contributed by atoms with Gasteiger partial charge in [-0.05, 0) is 37.3 Å². The molecule has 2 atom stereocenters. The highest BCUT2D eigenvalue weighted by Gasteiger charge is 2.34. The quantitative estimate of drug-likeness (QED) is 0.795. The summed E-state index contributed by atoms with van der Waals surface area (Å²) in [6.07, 6.45) is -3.42. The number of amides is 1. The summed E-state index contributed by atoms with van der Waals surface area (Å²) >= 11 is 0. The molecule has 2 rings (SSSR count). The molecular weight excluding hydrogens is 281 g/mol. The number of rotatable bonds is 1. The Kier molecular flexibility index (Phi) is 4.25. The fraction of sp³-hybridized carbons (Fsp3) is 0.600. The van der Waals surface area contributed by atoms with Gasteiger partial charge in [0, 0.05) is 13.1 Å². The van der Waals surface area contributed by atoms with E-state index >= 15 is 0 Å². The van der Waals surface area contributed by atoms with Crippen molar-refractivity contribution >= 4 is 5.91 Å². The van der Waals surface area contributed by atoms with E-state index in [1.807, 2.05) is 0 Å². The zero-order valence-corrected chi connectivity index (χ0v) is 12.4. The summed E-state index contributed by atoms with van der Waals surface area (Å²) in [5.41, 5.74) is -0.582. The van der Waals surface area contributed by atoms with E-state index in [9.17, 15) is 18.0 Å². The molecule has 0 N–H and O–H groups in total. The number of likely N-dealkylation sites (tertiary alicyclic amines) is 1. The lowest BCUT2D eigenvalue weighted by Gasteiger charge is -2.35. The summed E-state index contributed by atoms with van der Waals surface area (Å²) in [7, 11) is 0. The number of carbonyl (C=O) groups excluding carboxylic acids is 1. The smallest absolute Gasteiger partial charge is 0.338 e. The topological polar surface area (TPSA) is 33.2 Å². The molecule has 1 aliphatic heterocycles. The van der Waals surface area contributed by atoms with Gasteiger partial charge in [-0.15, -0.1) is 0 Å². The highest BCUT2D eigenvalue weighted by Crippen LogP contribution is 2.29. The van der Waals surface area contributed by atoms with Crippen LogP contribution in [-0.4, -0.2) is 28.9 Å². The third kappa shape index (κ3) is 3.54. The van der Waals surface area contributed by atoms with Crippen molar-refractivity contribution in [1.82, 2.24) is 9.88 Å². The Labute approximate surface area is 122 Å². The summed E-state index contributed by atoms with van der Waals surface area (Å²) < 4.78 is 37.8. The maximum absolute atomic E-state index is 12.6. The van der Waals surface area contributed by atoms with Crippen molar-refractivity contribution in [3.05, 3.63) is 29.1 Å². The Morgan fingerprint density at radius 2 is 1.81 bits per heavy atom. The van der Waals surface area contributed by atoms with Crippen LogP contribution in [0.25, 0.3) is 0 Å². The third-order valence-corrected chi connectivity index (χ3v) is 3.76. The number of nitrogens with zero attached hydrogens (tertiary/aromatic N) is 2. The Bertz CT molecular complexity index is 532. The van der Waals surface area contributed by atoms with E-state index in [4.69, 9.17) is 0 Å². The lowest BCUT2D eigenvalue weighted by atomic mass is 9.91. The van der Waals surface area contributed by atoms with Crippen LogP contribution in [0.2, 0.25) is 0 Å². The van der Waals surface area contributed by atoms with Gasteiger partial charge in [0.25, 0.3) is 5.91 Å². The van der Waals surface area contributed by atoms with Crippen LogP contribution < -0.4 is 0 Å². The fourth-order valence-electron chi connectivity index (χ4n) is 2.94. The molecule has 0 spiro atoms. The predicted molar refractivity (Wildman–Crippen MR) is 72.8 cm³/mol. The number of piperidine rings is 1. The van der Waals surface area contributed by atoms with Crippen molar-refractivity contribution < 1.29 is 18.0 Å². The molecule has 21 heavy (non-hydrogen) atoms. The molecule has 6 heteroatoms. The molecule has 2 heterocycles. The van der Waals surface area contributed by atoms with Crippen molar-refractivity contribution in [3.8, 4) is 0 Å². The predicted octanol–water partition coefficient (Wildman–Crippen LogP) is 3.53. The SMILES string of the molecule is Cc1nc(C(F)(F)F)ccc1C(=O)N1CC(C)CC(C)C1. The Hall–Kier alpha value is -1.59. The largest absolute Gasteiger partial charge is 0.433 e. The van der Waals surface area contributed by atoms with Crippen molar-refractivity contribution in [3.63, 3.8) is 0 Å². The van der Waals surface area contributed by atoms with Crippen LogP contribution in [0.4, 0.5) is 13.2 Å². The Morgan fingerprint density at radius 1 is 1.24 bits per heavy atom. The number of hydrogen-bond acceptors (Lipinski definition) is 2. The van der Waals surface area contributed by atoms with Crippen LogP contribution in [0, 0.1) is 18.8 Å². The first-order valence-corrected chi connectivity index (χ1v) is 7.02. The van der Waals surface area contributed by atoms with Gasteiger partial charge in [-0.2, -0.15) is 13.2 Å². The van der Waals surface area contributed by atoms with Crippen molar-refractivity contribution in [2.75, 3.05) is 13.1 Å². The number of aryl methyl sites for hydroxylation is 1. The van der Waals surface area contributed by atoms with Crippen LogP contribution in [-0.2, 0) is 6.18 Å². The second-order valence-corrected chi connectivity index (χ2v) is 5.98. The normalized spacial score (nSPS) is 23.2. The average molecular weight is 300 g/mol. The number of halogens is 3. The maximum Gasteiger partial charge on any atom is 0.433 e. The van der Waals surface area contributed by atoms with Gasteiger partial charge in [0.15, 0.2) is 0 Å². The van der Waals surface area contributed by atoms with Gasteiger partial charge in [-0.3, -0.25) is 4.79 Å². The molecule has 2 unspecified atom stereocenters. The average Bonchev–Trinajstić information content (AvgIpc) is 2.35. The summed E-state index contributed by atoms with van der Waals surface area (Å²) in [4.78, 5) is 17.7. The van der Waals surface area contributed by atoms with Crippen LogP contribution in [0.3, 0.4) is 0 Å². The van der Waals surface area contributed by atoms with E-state index in [0.717, 1.165) is 12.5 Å². The standard InChI is InChI=1S/C15H19F3N2O/c1-9-6-10(2)8-20(7-9)14(21)12-4-5-13(15(16,17)18)19-11(12)3/h4-5,9-10H,6-8H2,1-3H3. The molecule has 0 aliphatic carbocycles. The van der Waals surface area contributed by atoms with Crippen LogP contribution >= 0.6 is 0 Å². The molecule has 1 saturated heterocycles. The number of hydrogen-bond donors (Lipinski definition) is 0. The van der Waals surface area contributed by atoms with E-state index in [0.29, 0.717) is 24.9 Å². The van der Waals surface area contributed by atoms with Gasteiger partial charge in [0.2, 0.25) is 0 Å². The van der Waals surface area contributed by atoms with E-state index in [1.54, 1.807) is 4.90 Å². The molecule has 0 aromatic carbocycles. The van der Waals surface area contributed by atoms with E-state index in [2.05, 4.69) is 18.8 Å². The van der Waals surface area contributed by atoms with Gasteiger partial charge >= 0.3 is 6.18 Å². The first kappa shape index (κ1) is 15.8. The summed E-state index contributed by atoms with van der Waals surface area (Å²) in [6, 6.07) is 2.11. The van der Waals surface area contributed by atoms with Crippen molar-refractivity contribution in [2.24, 2.45) is 11.8 Å². The number of pyridine rings is 1. The molecule has 0 saturated carbocycles. The Balaban J connectivity index is 2.23. The summed E-state index contributed by atoms with van der Waals surface area (Å²) in [5.74, 6) is 0.577. The molecule has 3 nitrogen and oxygen atoms in total. The lowest BCUT2D eigenvalue weighted by molar-refractivity contribution is -0.141. The van der Waals surface area contributed by atoms with Crippen molar-refractivity contribution in [1.29, 1.82) is 0 Å². The Morgan fingerprint density at radius 3 is 2.29 bits per heavy atom. The molecule has 1 aliphatic rings. The molecule has 0 bridgehead atoms. The highest BCUT2D eigenvalue weighted by molar-refractivity contribution is 5.95. The van der Waals surface area contributed by atoms with Gasteiger partial charge in [0.1, 0.15) is 5.69 Å². The second kappa shape index (κ2) is 5.66. The van der Waals surface area contributed by atoms with Gasteiger partial charge in [-0.1, -0.05) is 13.8 Å². The summed E-state index contributed by atoms with van der Waals surface area (Å²) in [5, 5.41) is 0. The van der Waals surface area contributed by atoms with E-state index < -0.39 is 11.9 Å². The van der Waals surface area contributed by atoms with Crippen LogP contribution in [0.15, 0.2) is 12.1 Å². The minimum atomic E-state index is -4.49. The summed E-state index contributed by atoms with van der Waals surface area (Å²) in [6.45, 7) is 6.88. The minimum Gasteiger partial charge on any atom is -0.338 e. The van der Waals surface area contributed by atoms with Gasteiger partial charge in [-0.25, -0.2) is 4.98 Å². The molecule has 116 valence electrons. The van der Waals surface area contributed by atoms with Gasteiger partial charge in [0.05, 0.1) is 11.3 Å². The zero-order valence-electron chi connectivity index (χ0n) is 12.4. The lowest BCUT2D eigenvalue weighted by Crippen LogP contribution is -2.42. The first-order valence-electron chi connectivity index (χ1n) is 7.02. The number of alkyl halides is 3. The molecular formula is C15H19F3N2O. The van der Waals surface area contributed by atoms with E-state index in [-0.39, 0.29) is 17.2 Å².